The standard InChI is InChI=1S/C17H26N4O2S.C2HF3O2/c1-13(2)19-16(23)21-6-5-20(9-14-4-3-7-24-14)11-17(12-21)8-15(22)18-10-17;3-2(4,5)1(6)7/h3-4,7,13H,5-6,8-12H2,1-2H3,(H,18,22)(H,19,23);(H,6,7). The zero-order valence-corrected chi connectivity index (χ0v) is 18.2. The Labute approximate surface area is 182 Å². The highest BCUT2D eigenvalue weighted by molar-refractivity contribution is 7.09. The molecule has 174 valence electrons. The normalized spacial score (nSPS) is 22.0. The van der Waals surface area contributed by atoms with E-state index in [-0.39, 0.29) is 23.4 Å². The SMILES string of the molecule is CC(C)NC(=O)N1CCN(Cc2cccs2)CC2(CNC(=O)C2)C1.O=C(O)C(F)(F)F. The molecule has 1 spiro atoms. The van der Waals surface area contributed by atoms with Crippen molar-refractivity contribution in [3.8, 4) is 0 Å². The second-order valence-corrected chi connectivity index (χ2v) is 9.10. The molecule has 3 amide bonds. The first-order valence-electron chi connectivity index (χ1n) is 9.77. The van der Waals surface area contributed by atoms with Crippen LogP contribution in [-0.2, 0) is 16.1 Å². The Kier molecular flexibility index (Phi) is 8.29. The van der Waals surface area contributed by atoms with Crippen molar-refractivity contribution in [1.29, 1.82) is 0 Å². The number of urea groups is 1. The van der Waals surface area contributed by atoms with Crippen molar-refractivity contribution in [2.75, 3.05) is 32.7 Å². The first kappa shape index (κ1) is 24.9. The van der Waals surface area contributed by atoms with E-state index >= 15 is 0 Å². The van der Waals surface area contributed by atoms with Gasteiger partial charge in [-0.15, -0.1) is 11.3 Å². The predicted octanol–water partition coefficient (Wildman–Crippen LogP) is 2.12. The number of carboxylic acid groups (broad SMARTS) is 1. The van der Waals surface area contributed by atoms with Crippen molar-refractivity contribution in [1.82, 2.24) is 20.4 Å². The van der Waals surface area contributed by atoms with Crippen molar-refractivity contribution < 1.29 is 32.7 Å². The minimum absolute atomic E-state index is 0.0262. The minimum atomic E-state index is -5.08. The van der Waals surface area contributed by atoms with Gasteiger partial charge >= 0.3 is 18.2 Å². The Morgan fingerprint density at radius 2 is 2.00 bits per heavy atom. The number of thiophene rings is 1. The molecule has 2 saturated heterocycles. The summed E-state index contributed by atoms with van der Waals surface area (Å²) < 4.78 is 31.7. The highest BCUT2D eigenvalue weighted by atomic mass is 32.1. The smallest absolute Gasteiger partial charge is 0.475 e. The second-order valence-electron chi connectivity index (χ2n) is 8.07. The molecule has 3 heterocycles. The lowest BCUT2D eigenvalue weighted by atomic mass is 9.86. The molecule has 8 nitrogen and oxygen atoms in total. The van der Waals surface area contributed by atoms with Crippen LogP contribution >= 0.6 is 11.3 Å². The Balaban J connectivity index is 0.000000423. The number of hydrogen-bond acceptors (Lipinski definition) is 5. The molecule has 0 saturated carbocycles. The molecule has 0 aliphatic carbocycles. The summed E-state index contributed by atoms with van der Waals surface area (Å²) in [6.07, 6.45) is -4.58. The van der Waals surface area contributed by atoms with Gasteiger partial charge in [-0.05, 0) is 25.3 Å². The number of carbonyl (C=O) groups is 3. The van der Waals surface area contributed by atoms with Gasteiger partial charge in [-0.2, -0.15) is 13.2 Å². The molecule has 2 fully saturated rings. The van der Waals surface area contributed by atoms with Crippen LogP contribution in [-0.4, -0.2) is 77.8 Å². The lowest BCUT2D eigenvalue weighted by molar-refractivity contribution is -0.192. The van der Waals surface area contributed by atoms with Crippen LogP contribution in [0.3, 0.4) is 0 Å². The monoisotopic (exact) mass is 464 g/mol. The Morgan fingerprint density at radius 1 is 1.32 bits per heavy atom. The average Bonchev–Trinajstić information content (AvgIpc) is 3.23. The Morgan fingerprint density at radius 3 is 2.48 bits per heavy atom. The van der Waals surface area contributed by atoms with Crippen LogP contribution in [0, 0.1) is 5.41 Å². The Bertz CT molecular complexity index is 773. The molecule has 1 aromatic heterocycles. The highest BCUT2D eigenvalue weighted by Crippen LogP contribution is 2.31. The number of hydrogen-bond donors (Lipinski definition) is 3. The lowest BCUT2D eigenvalue weighted by Gasteiger charge is -2.33. The molecule has 1 aromatic rings. The number of halogens is 3. The third-order valence-electron chi connectivity index (χ3n) is 4.87. The molecule has 0 bridgehead atoms. The van der Waals surface area contributed by atoms with Gasteiger partial charge in [0.05, 0.1) is 0 Å². The maximum atomic E-state index is 12.5. The summed E-state index contributed by atoms with van der Waals surface area (Å²) in [6.45, 7) is 8.47. The quantitative estimate of drug-likeness (QED) is 0.636. The third kappa shape index (κ3) is 7.69. The van der Waals surface area contributed by atoms with Crippen molar-refractivity contribution in [2.24, 2.45) is 5.41 Å². The second kappa shape index (κ2) is 10.3. The van der Waals surface area contributed by atoms with Gasteiger partial charge in [-0.25, -0.2) is 9.59 Å². The van der Waals surface area contributed by atoms with Crippen LogP contribution < -0.4 is 10.6 Å². The predicted molar refractivity (Wildman–Crippen MR) is 109 cm³/mol. The van der Waals surface area contributed by atoms with Crippen molar-refractivity contribution >= 4 is 29.2 Å². The van der Waals surface area contributed by atoms with E-state index in [0.717, 1.165) is 19.6 Å². The molecular weight excluding hydrogens is 437 g/mol. The van der Waals surface area contributed by atoms with E-state index in [9.17, 15) is 22.8 Å². The van der Waals surface area contributed by atoms with Crippen molar-refractivity contribution in [3.05, 3.63) is 22.4 Å². The first-order valence-corrected chi connectivity index (χ1v) is 10.7. The van der Waals surface area contributed by atoms with Crippen LogP contribution in [0.15, 0.2) is 17.5 Å². The van der Waals surface area contributed by atoms with E-state index < -0.39 is 12.1 Å². The van der Waals surface area contributed by atoms with Gasteiger partial charge in [0.15, 0.2) is 0 Å². The zero-order valence-electron chi connectivity index (χ0n) is 17.4. The maximum Gasteiger partial charge on any atom is 0.490 e. The van der Waals surface area contributed by atoms with Crippen molar-refractivity contribution in [3.63, 3.8) is 0 Å². The maximum absolute atomic E-state index is 12.5. The molecule has 1 atom stereocenters. The van der Waals surface area contributed by atoms with Gasteiger partial charge in [-0.3, -0.25) is 9.69 Å². The van der Waals surface area contributed by atoms with E-state index in [1.165, 1.54) is 4.88 Å². The van der Waals surface area contributed by atoms with E-state index in [0.29, 0.717) is 26.1 Å². The molecule has 0 radical (unpaired) electrons. The molecule has 3 rings (SSSR count). The summed E-state index contributed by atoms with van der Waals surface area (Å²) in [4.78, 5) is 38.8. The van der Waals surface area contributed by atoms with E-state index in [2.05, 4.69) is 33.0 Å². The van der Waals surface area contributed by atoms with Gasteiger partial charge in [0, 0.05) is 62.0 Å². The van der Waals surface area contributed by atoms with Crippen LogP contribution in [0.25, 0.3) is 0 Å². The summed E-state index contributed by atoms with van der Waals surface area (Å²) in [5.74, 6) is -2.66. The molecule has 0 aromatic carbocycles. The summed E-state index contributed by atoms with van der Waals surface area (Å²) in [5, 5.41) is 15.2. The number of rotatable bonds is 3. The van der Waals surface area contributed by atoms with E-state index in [4.69, 9.17) is 9.90 Å². The van der Waals surface area contributed by atoms with Crippen LogP contribution in [0.1, 0.15) is 25.1 Å². The fraction of sp³-hybridized carbons (Fsp3) is 0.632. The number of nitrogens with zero attached hydrogens (tertiary/aromatic N) is 2. The summed E-state index contributed by atoms with van der Waals surface area (Å²) in [7, 11) is 0. The Hall–Kier alpha value is -2.34. The summed E-state index contributed by atoms with van der Waals surface area (Å²) in [5.41, 5.74) is -0.181. The highest BCUT2D eigenvalue weighted by Gasteiger charge is 2.44. The number of carbonyl (C=O) groups excluding carboxylic acids is 2. The van der Waals surface area contributed by atoms with Gasteiger partial charge in [0.25, 0.3) is 0 Å². The van der Waals surface area contributed by atoms with Crippen LogP contribution in [0.5, 0.6) is 0 Å². The van der Waals surface area contributed by atoms with Crippen LogP contribution in [0.2, 0.25) is 0 Å². The van der Waals surface area contributed by atoms with Crippen LogP contribution in [0.4, 0.5) is 18.0 Å². The summed E-state index contributed by atoms with van der Waals surface area (Å²) in [6, 6.07) is 4.30. The minimum Gasteiger partial charge on any atom is -0.475 e. The fourth-order valence-corrected chi connectivity index (χ4v) is 4.34. The van der Waals surface area contributed by atoms with E-state index in [1.54, 1.807) is 11.3 Å². The van der Waals surface area contributed by atoms with E-state index in [1.807, 2.05) is 18.7 Å². The largest absolute Gasteiger partial charge is 0.490 e. The molecule has 3 N–H and O–H groups in total. The molecule has 2 aliphatic rings. The number of aliphatic carboxylic acids is 1. The van der Waals surface area contributed by atoms with Gasteiger partial charge in [-0.1, -0.05) is 6.07 Å². The third-order valence-corrected chi connectivity index (χ3v) is 5.73. The molecule has 31 heavy (non-hydrogen) atoms. The van der Waals surface area contributed by atoms with Gasteiger partial charge < -0.3 is 20.6 Å². The summed E-state index contributed by atoms with van der Waals surface area (Å²) >= 11 is 1.75. The molecule has 1 unspecified atom stereocenters. The number of carboxylic acids is 1. The zero-order chi connectivity index (χ0) is 23.2. The lowest BCUT2D eigenvalue weighted by Crippen LogP contribution is -2.48. The average molecular weight is 465 g/mol. The van der Waals surface area contributed by atoms with Gasteiger partial charge in [0.1, 0.15) is 0 Å². The first-order chi connectivity index (χ1) is 14.4. The van der Waals surface area contributed by atoms with Gasteiger partial charge in [0.2, 0.25) is 5.91 Å². The molecular formula is C19H27F3N4O4S. The molecule has 12 heteroatoms. The number of alkyl halides is 3. The fourth-order valence-electron chi connectivity index (χ4n) is 3.59. The number of nitrogens with one attached hydrogen (secondary N) is 2. The molecule has 2 aliphatic heterocycles. The topological polar surface area (TPSA) is 102 Å². The van der Waals surface area contributed by atoms with Crippen molar-refractivity contribution in [2.45, 2.75) is 39.0 Å². The number of amides is 3.